The molecule has 1 aromatic rings. The number of aliphatic hydroxyl groups is 1. The molecule has 0 heterocycles. The second-order valence-corrected chi connectivity index (χ2v) is 9.35. The number of allylic oxidation sites excluding steroid dienone is 9. The van der Waals surface area contributed by atoms with E-state index >= 15 is 0 Å². The second kappa shape index (κ2) is 32.2. The number of unbranched alkanes of at least 4 members (excludes halogenated alkanes) is 1. The van der Waals surface area contributed by atoms with Gasteiger partial charge in [-0.15, -0.1) is 0 Å². The first-order chi connectivity index (χ1) is 19.0. The van der Waals surface area contributed by atoms with Gasteiger partial charge in [0.2, 0.25) is 0 Å². The van der Waals surface area contributed by atoms with Gasteiger partial charge < -0.3 is 14.6 Å². The number of rotatable bonds is 10. The van der Waals surface area contributed by atoms with Crippen LogP contribution in [-0.4, -0.2) is 29.6 Å². The Morgan fingerprint density at radius 1 is 1.00 bits per heavy atom. The first kappa shape index (κ1) is 44.1. The average molecular weight is 557 g/mol. The standard InChI is InChI=1S/C13H18O.C13H18.C6H12O2.C2H6O.C2H6/c1-2-3-7-13(10-11-14)12-8-5-4-6-9-12;1-5-8-11-13(10-7-3)12(4)9-6-2;1-5(7)8-6(2,3)4;1-2-3;1-2/h4-6,8-9,11,13H,2-3,7,10H2,1H3;5-11H,4H2,1-3H3;1-4H3;3H,2H2,1H3;1-2H3/b;8-5-,9-6-,10-7-,13-11-;;;/t13-;;;;/m1..../s1. The van der Waals surface area contributed by atoms with Crippen LogP contribution in [-0.2, 0) is 14.3 Å². The number of ether oxygens (including phenoxy) is 1. The number of aliphatic hydroxyl groups excluding tert-OH is 1. The van der Waals surface area contributed by atoms with E-state index in [0.29, 0.717) is 12.3 Å². The Bertz CT molecular complexity index is 837. The molecule has 0 saturated heterocycles. The average Bonchev–Trinajstić information content (AvgIpc) is 2.90. The summed E-state index contributed by atoms with van der Waals surface area (Å²) in [5.41, 5.74) is 3.16. The highest BCUT2D eigenvalue weighted by Gasteiger charge is 2.12. The zero-order chi connectivity index (χ0) is 31.8. The number of hydrogen-bond acceptors (Lipinski definition) is 4. The Balaban J connectivity index is -0.000000231. The Labute approximate surface area is 247 Å². The van der Waals surface area contributed by atoms with Gasteiger partial charge in [0.25, 0.3) is 0 Å². The molecule has 0 aliphatic carbocycles. The van der Waals surface area contributed by atoms with Crippen LogP contribution in [0.15, 0.2) is 90.6 Å². The number of carbonyl (C=O) groups is 2. The van der Waals surface area contributed by atoms with E-state index < -0.39 is 0 Å². The van der Waals surface area contributed by atoms with Crippen LogP contribution in [0.2, 0.25) is 0 Å². The molecule has 0 aliphatic rings. The lowest BCUT2D eigenvalue weighted by molar-refractivity contribution is -0.151. The summed E-state index contributed by atoms with van der Waals surface area (Å²) >= 11 is 0. The van der Waals surface area contributed by atoms with Gasteiger partial charge in [-0.2, -0.15) is 0 Å². The van der Waals surface area contributed by atoms with Gasteiger partial charge in [0.1, 0.15) is 11.9 Å². The summed E-state index contributed by atoms with van der Waals surface area (Å²) in [5.74, 6) is 0.200. The third-order valence-corrected chi connectivity index (χ3v) is 4.56. The predicted molar refractivity (Wildman–Crippen MR) is 177 cm³/mol. The normalized spacial score (nSPS) is 11.6. The van der Waals surface area contributed by atoms with Gasteiger partial charge in [0.15, 0.2) is 0 Å². The minimum absolute atomic E-state index is 0.225. The van der Waals surface area contributed by atoms with Gasteiger partial charge in [-0.25, -0.2) is 0 Å². The lowest BCUT2D eigenvalue weighted by Gasteiger charge is -2.17. The molecule has 0 amide bonds. The molecule has 0 spiro atoms. The summed E-state index contributed by atoms with van der Waals surface area (Å²) in [5, 5.41) is 7.57. The first-order valence-corrected chi connectivity index (χ1v) is 14.5. The highest BCUT2D eigenvalue weighted by molar-refractivity contribution is 5.66. The Morgan fingerprint density at radius 2 is 1.52 bits per heavy atom. The molecule has 0 aromatic heterocycles. The van der Waals surface area contributed by atoms with Crippen LogP contribution in [0.1, 0.15) is 113 Å². The highest BCUT2D eigenvalue weighted by Crippen LogP contribution is 2.24. The van der Waals surface area contributed by atoms with Crippen LogP contribution in [0.3, 0.4) is 0 Å². The fraction of sp³-hybridized carbons (Fsp3) is 0.500. The molecule has 40 heavy (non-hydrogen) atoms. The molecule has 228 valence electrons. The van der Waals surface area contributed by atoms with Crippen LogP contribution in [0.4, 0.5) is 0 Å². The highest BCUT2D eigenvalue weighted by atomic mass is 16.6. The Hall–Kier alpha value is -2.98. The zero-order valence-electron chi connectivity index (χ0n) is 27.5. The van der Waals surface area contributed by atoms with E-state index in [9.17, 15) is 9.59 Å². The van der Waals surface area contributed by atoms with Gasteiger partial charge in [-0.05, 0) is 77.5 Å². The van der Waals surface area contributed by atoms with Gasteiger partial charge >= 0.3 is 5.97 Å². The molecule has 0 unspecified atom stereocenters. The summed E-state index contributed by atoms with van der Waals surface area (Å²) in [6, 6.07) is 10.3. The molecule has 1 N–H and O–H groups in total. The summed E-state index contributed by atoms with van der Waals surface area (Å²) in [6.45, 7) is 25.0. The maximum Gasteiger partial charge on any atom is 0.303 e. The van der Waals surface area contributed by atoms with Crippen molar-refractivity contribution in [3.63, 3.8) is 0 Å². The van der Waals surface area contributed by atoms with Gasteiger partial charge in [0.05, 0.1) is 0 Å². The van der Waals surface area contributed by atoms with Crippen molar-refractivity contribution >= 4 is 12.3 Å². The van der Waals surface area contributed by atoms with E-state index in [4.69, 9.17) is 9.84 Å². The van der Waals surface area contributed by atoms with Crippen molar-refractivity contribution in [2.75, 3.05) is 6.61 Å². The Kier molecular flexibility index (Phi) is 35.5. The van der Waals surface area contributed by atoms with Gasteiger partial charge in [-0.3, -0.25) is 4.79 Å². The monoisotopic (exact) mass is 556 g/mol. The van der Waals surface area contributed by atoms with Crippen molar-refractivity contribution < 1.29 is 19.4 Å². The van der Waals surface area contributed by atoms with Crippen LogP contribution in [0, 0.1) is 0 Å². The number of benzene rings is 1. The van der Waals surface area contributed by atoms with E-state index in [-0.39, 0.29) is 18.2 Å². The maximum absolute atomic E-state index is 10.6. The zero-order valence-corrected chi connectivity index (χ0v) is 27.5. The Morgan fingerprint density at radius 3 is 1.88 bits per heavy atom. The van der Waals surface area contributed by atoms with Crippen molar-refractivity contribution in [2.24, 2.45) is 0 Å². The van der Waals surface area contributed by atoms with Crippen molar-refractivity contribution in [3.8, 4) is 0 Å². The van der Waals surface area contributed by atoms with Crippen molar-refractivity contribution in [1.29, 1.82) is 0 Å². The van der Waals surface area contributed by atoms with Gasteiger partial charge in [0, 0.05) is 20.0 Å². The fourth-order valence-corrected chi connectivity index (χ4v) is 3.09. The number of esters is 1. The van der Waals surface area contributed by atoms with E-state index in [1.807, 2.05) is 104 Å². The number of aldehydes is 1. The van der Waals surface area contributed by atoms with E-state index in [1.165, 1.54) is 25.3 Å². The minimum Gasteiger partial charge on any atom is -0.460 e. The summed E-state index contributed by atoms with van der Waals surface area (Å²) in [4.78, 5) is 20.8. The van der Waals surface area contributed by atoms with E-state index in [2.05, 4.69) is 37.8 Å². The van der Waals surface area contributed by atoms with Crippen molar-refractivity contribution in [1.82, 2.24) is 0 Å². The molecule has 4 heteroatoms. The smallest absolute Gasteiger partial charge is 0.303 e. The molecule has 1 rings (SSSR count). The third-order valence-electron chi connectivity index (χ3n) is 4.56. The third kappa shape index (κ3) is 33.0. The summed E-state index contributed by atoms with van der Waals surface area (Å²) < 4.78 is 4.80. The largest absolute Gasteiger partial charge is 0.460 e. The van der Waals surface area contributed by atoms with Crippen LogP contribution in [0.25, 0.3) is 0 Å². The summed E-state index contributed by atoms with van der Waals surface area (Å²) in [6.07, 6.45) is 19.4. The molecular weight excluding hydrogens is 496 g/mol. The molecule has 1 aromatic carbocycles. The number of carbonyl (C=O) groups excluding carboxylic acids is 2. The van der Waals surface area contributed by atoms with E-state index in [1.54, 1.807) is 6.92 Å². The SMILES string of the molecule is C=C(/C=C\C)C(/C=C\C)=C\C=C/C.CC.CC(=O)OC(C)(C)C.CCCC[C@H](CC=O)c1ccccc1.CCO. The van der Waals surface area contributed by atoms with Crippen LogP contribution >= 0.6 is 0 Å². The minimum atomic E-state index is -0.328. The van der Waals surface area contributed by atoms with Crippen LogP contribution < -0.4 is 0 Å². The summed E-state index contributed by atoms with van der Waals surface area (Å²) in [7, 11) is 0. The molecule has 4 nitrogen and oxygen atoms in total. The van der Waals surface area contributed by atoms with E-state index in [0.717, 1.165) is 23.9 Å². The molecule has 0 aliphatic heterocycles. The lowest BCUT2D eigenvalue weighted by Crippen LogP contribution is -2.21. The fourth-order valence-electron chi connectivity index (χ4n) is 3.09. The number of hydrogen-bond donors (Lipinski definition) is 1. The first-order valence-electron chi connectivity index (χ1n) is 14.5. The maximum atomic E-state index is 10.6. The van der Waals surface area contributed by atoms with Gasteiger partial charge in [-0.1, -0.05) is 113 Å². The second-order valence-electron chi connectivity index (χ2n) is 9.35. The quantitative estimate of drug-likeness (QED) is 0.177. The lowest BCUT2D eigenvalue weighted by atomic mass is 9.91. The molecular formula is C36H60O4. The molecule has 1 atom stereocenters. The van der Waals surface area contributed by atoms with Crippen molar-refractivity contribution in [3.05, 3.63) is 96.2 Å². The molecule has 0 bridgehead atoms. The molecule has 0 radical (unpaired) electrons. The topological polar surface area (TPSA) is 63.6 Å². The molecule has 0 saturated carbocycles. The predicted octanol–water partition coefficient (Wildman–Crippen LogP) is 10.1. The molecule has 0 fully saturated rings. The van der Waals surface area contributed by atoms with Crippen molar-refractivity contribution in [2.45, 2.75) is 113 Å². The van der Waals surface area contributed by atoms with Crippen LogP contribution in [0.5, 0.6) is 0 Å².